The summed E-state index contributed by atoms with van der Waals surface area (Å²) in [4.78, 5) is 12.1. The molecule has 7 nitrogen and oxygen atoms in total. The van der Waals surface area contributed by atoms with Crippen LogP contribution in [0, 0.1) is 0 Å². The van der Waals surface area contributed by atoms with Crippen molar-refractivity contribution >= 4 is 29.9 Å². The summed E-state index contributed by atoms with van der Waals surface area (Å²) in [6.07, 6.45) is -1.26. The second-order valence-corrected chi connectivity index (χ2v) is 5.91. The van der Waals surface area contributed by atoms with Crippen molar-refractivity contribution in [3.8, 4) is 0 Å². The third-order valence-corrected chi connectivity index (χ3v) is 3.91. The van der Waals surface area contributed by atoms with Gasteiger partial charge in [0.2, 0.25) is 5.60 Å². The molecule has 2 rings (SSSR count). The second kappa shape index (κ2) is 10.6. The van der Waals surface area contributed by atoms with Crippen LogP contribution in [0.15, 0.2) is 41.8 Å². The molecule has 0 amide bonds. The molecule has 0 saturated carbocycles. The van der Waals surface area contributed by atoms with Crippen molar-refractivity contribution in [1.82, 2.24) is 25.2 Å². The summed E-state index contributed by atoms with van der Waals surface area (Å²) in [6.45, 7) is 2.50. The number of aliphatic hydroxyl groups is 1. The number of hydrogen-bond donors (Lipinski definition) is 3. The molecule has 156 valence electrons. The van der Waals surface area contributed by atoms with Crippen molar-refractivity contribution in [1.29, 1.82) is 0 Å². The minimum Gasteiger partial charge on any atom is -0.374 e. The lowest BCUT2D eigenvalue weighted by molar-refractivity contribution is -0.272. The molecule has 2 heterocycles. The molecule has 0 aliphatic carbocycles. The zero-order chi connectivity index (χ0) is 19.9. The predicted octanol–water partition coefficient (Wildman–Crippen LogP) is 2.33. The van der Waals surface area contributed by atoms with Crippen LogP contribution in [-0.2, 0) is 19.2 Å². The van der Waals surface area contributed by atoms with Gasteiger partial charge in [0.25, 0.3) is 0 Å². The maximum absolute atomic E-state index is 13.5. The normalized spacial score (nSPS) is 14.1. The molecule has 0 aromatic carbocycles. The molecule has 0 aliphatic heterocycles. The highest BCUT2D eigenvalue weighted by Crippen LogP contribution is 2.40. The summed E-state index contributed by atoms with van der Waals surface area (Å²) < 4.78 is 41.7. The third-order valence-electron chi connectivity index (χ3n) is 3.91. The molecule has 28 heavy (non-hydrogen) atoms. The molecule has 3 N–H and O–H groups in total. The number of imidazole rings is 1. The SMILES string of the molecule is CCNC(=NCc1ccccn1)NCCC(O)(c1nccn1C)C(F)(F)F.I. The van der Waals surface area contributed by atoms with Crippen LogP contribution in [0.4, 0.5) is 13.2 Å². The van der Waals surface area contributed by atoms with Gasteiger partial charge >= 0.3 is 6.18 Å². The molecule has 0 bridgehead atoms. The van der Waals surface area contributed by atoms with Crippen LogP contribution in [0.25, 0.3) is 0 Å². The van der Waals surface area contributed by atoms with Gasteiger partial charge in [-0.05, 0) is 19.1 Å². The van der Waals surface area contributed by atoms with E-state index in [0.29, 0.717) is 12.5 Å². The largest absolute Gasteiger partial charge is 0.424 e. The molecule has 0 aliphatic rings. The number of aromatic nitrogens is 3. The van der Waals surface area contributed by atoms with Crippen molar-refractivity contribution in [2.24, 2.45) is 12.0 Å². The van der Waals surface area contributed by atoms with Gasteiger partial charge in [0.1, 0.15) is 5.82 Å². The van der Waals surface area contributed by atoms with Crippen molar-refractivity contribution in [3.05, 3.63) is 48.3 Å². The van der Waals surface area contributed by atoms with Gasteiger partial charge in [-0.25, -0.2) is 9.98 Å². The summed E-state index contributed by atoms with van der Waals surface area (Å²) in [5, 5.41) is 16.1. The smallest absolute Gasteiger partial charge is 0.374 e. The fourth-order valence-corrected chi connectivity index (χ4v) is 2.50. The van der Waals surface area contributed by atoms with Crippen LogP contribution < -0.4 is 10.6 Å². The number of guanidine groups is 1. The van der Waals surface area contributed by atoms with Crippen molar-refractivity contribution in [2.45, 2.75) is 31.7 Å². The number of nitrogens with zero attached hydrogens (tertiary/aromatic N) is 4. The first-order chi connectivity index (χ1) is 12.8. The van der Waals surface area contributed by atoms with Crippen molar-refractivity contribution in [2.75, 3.05) is 13.1 Å². The van der Waals surface area contributed by atoms with E-state index in [4.69, 9.17) is 0 Å². The Morgan fingerprint density at radius 1 is 1.21 bits per heavy atom. The zero-order valence-corrected chi connectivity index (χ0v) is 17.9. The van der Waals surface area contributed by atoms with E-state index in [9.17, 15) is 18.3 Å². The first kappa shape index (κ1) is 24.1. The lowest BCUT2D eigenvalue weighted by atomic mass is 9.97. The molecule has 0 spiro atoms. The molecular formula is C17H24F3IN6O. The highest BCUT2D eigenvalue weighted by atomic mass is 127. The van der Waals surface area contributed by atoms with Crippen LogP contribution >= 0.6 is 24.0 Å². The number of halogens is 4. The monoisotopic (exact) mass is 512 g/mol. The van der Waals surface area contributed by atoms with Crippen LogP contribution in [0.1, 0.15) is 24.9 Å². The maximum Gasteiger partial charge on any atom is 0.424 e. The number of nitrogens with one attached hydrogen (secondary N) is 2. The van der Waals surface area contributed by atoms with E-state index >= 15 is 0 Å². The number of hydrogen-bond acceptors (Lipinski definition) is 4. The fourth-order valence-electron chi connectivity index (χ4n) is 2.50. The minimum absolute atomic E-state index is 0. The van der Waals surface area contributed by atoms with Gasteiger partial charge in [-0.3, -0.25) is 4.98 Å². The van der Waals surface area contributed by atoms with Crippen LogP contribution in [-0.4, -0.2) is 44.9 Å². The predicted molar refractivity (Wildman–Crippen MR) is 110 cm³/mol. The fraction of sp³-hybridized carbons (Fsp3) is 0.471. The maximum atomic E-state index is 13.5. The topological polar surface area (TPSA) is 87.4 Å². The molecule has 0 saturated heterocycles. The molecule has 11 heteroatoms. The highest BCUT2D eigenvalue weighted by Gasteiger charge is 2.57. The minimum atomic E-state index is -4.86. The van der Waals surface area contributed by atoms with Crippen LogP contribution in [0.2, 0.25) is 0 Å². The Hall–Kier alpha value is -1.89. The summed E-state index contributed by atoms with van der Waals surface area (Å²) >= 11 is 0. The van der Waals surface area contributed by atoms with Gasteiger partial charge in [-0.1, -0.05) is 6.07 Å². The molecule has 0 radical (unpaired) electrons. The van der Waals surface area contributed by atoms with Gasteiger partial charge in [0.05, 0.1) is 12.2 Å². The Morgan fingerprint density at radius 2 is 1.96 bits per heavy atom. The summed E-state index contributed by atoms with van der Waals surface area (Å²) in [6, 6.07) is 5.41. The molecule has 2 aromatic heterocycles. The second-order valence-electron chi connectivity index (χ2n) is 5.91. The lowest BCUT2D eigenvalue weighted by Crippen LogP contribution is -2.47. The van der Waals surface area contributed by atoms with E-state index in [1.807, 2.05) is 13.0 Å². The van der Waals surface area contributed by atoms with Crippen molar-refractivity contribution < 1.29 is 18.3 Å². The van der Waals surface area contributed by atoms with E-state index in [2.05, 4.69) is 25.6 Å². The number of alkyl halides is 3. The lowest BCUT2D eigenvalue weighted by Gasteiger charge is -2.30. The van der Waals surface area contributed by atoms with E-state index in [1.54, 1.807) is 18.3 Å². The molecule has 1 unspecified atom stereocenters. The van der Waals surface area contributed by atoms with Gasteiger partial charge in [-0.15, -0.1) is 24.0 Å². The molecule has 0 fully saturated rings. The number of rotatable bonds is 7. The van der Waals surface area contributed by atoms with E-state index < -0.39 is 24.0 Å². The Bertz CT molecular complexity index is 753. The number of aryl methyl sites for hydroxylation is 1. The first-order valence-corrected chi connectivity index (χ1v) is 8.47. The summed E-state index contributed by atoms with van der Waals surface area (Å²) in [5.74, 6) is -0.111. The first-order valence-electron chi connectivity index (χ1n) is 8.47. The highest BCUT2D eigenvalue weighted by molar-refractivity contribution is 14.0. The quantitative estimate of drug-likeness (QED) is 0.301. The summed E-state index contributed by atoms with van der Waals surface area (Å²) in [5.41, 5.74) is -2.33. The van der Waals surface area contributed by atoms with E-state index in [0.717, 1.165) is 10.3 Å². The average molecular weight is 512 g/mol. The Kier molecular flexibility index (Phi) is 9.14. The van der Waals surface area contributed by atoms with Crippen molar-refractivity contribution in [3.63, 3.8) is 0 Å². The van der Waals surface area contributed by atoms with Gasteiger partial charge in [0, 0.05) is 45.1 Å². The Balaban J connectivity index is 0.00000392. The van der Waals surface area contributed by atoms with Gasteiger partial charge < -0.3 is 20.3 Å². The van der Waals surface area contributed by atoms with E-state index in [-0.39, 0.29) is 37.1 Å². The average Bonchev–Trinajstić information content (AvgIpc) is 3.06. The Morgan fingerprint density at radius 3 is 2.50 bits per heavy atom. The standard InChI is InChI=1S/C17H23F3N6O.HI/c1-3-21-15(25-12-13-6-4-5-8-22-13)24-9-7-16(27,17(18,19)20)14-23-10-11-26(14)2;/h4-6,8,10-11,27H,3,7,9,12H2,1-2H3,(H2,21,24,25);1H. The molecule has 1 atom stereocenters. The van der Waals surface area contributed by atoms with Crippen LogP contribution in [0.3, 0.4) is 0 Å². The molecule has 2 aromatic rings. The van der Waals surface area contributed by atoms with Gasteiger partial charge in [-0.2, -0.15) is 13.2 Å². The summed E-state index contributed by atoms with van der Waals surface area (Å²) in [7, 11) is 1.41. The van der Waals surface area contributed by atoms with E-state index in [1.165, 1.54) is 19.4 Å². The zero-order valence-electron chi connectivity index (χ0n) is 15.6. The number of pyridine rings is 1. The van der Waals surface area contributed by atoms with Crippen LogP contribution in [0.5, 0.6) is 0 Å². The third kappa shape index (κ3) is 6.06. The number of aliphatic imine (C=N–C) groups is 1. The van der Waals surface area contributed by atoms with Gasteiger partial charge in [0.15, 0.2) is 5.96 Å². The molecular weight excluding hydrogens is 488 g/mol. The Labute approximate surface area is 178 Å².